The average Bonchev–Trinajstić information content (AvgIpc) is 2.62. The van der Waals surface area contributed by atoms with Crippen molar-refractivity contribution in [1.29, 1.82) is 0 Å². The van der Waals surface area contributed by atoms with Gasteiger partial charge in [0.05, 0.1) is 0 Å². The quantitative estimate of drug-likeness (QED) is 0.270. The molecule has 0 radical (unpaired) electrons. The number of rotatable bonds is 8. The van der Waals surface area contributed by atoms with Crippen molar-refractivity contribution in [2.24, 2.45) is 0 Å². The van der Waals surface area contributed by atoms with Crippen LogP contribution in [0.4, 0.5) is 0 Å². The van der Waals surface area contributed by atoms with E-state index in [9.17, 15) is 0 Å². The maximum absolute atomic E-state index is 6.82. The van der Waals surface area contributed by atoms with E-state index in [0.717, 1.165) is 12.8 Å². The molecule has 2 rings (SSSR count). The maximum atomic E-state index is 6.82. The summed E-state index contributed by atoms with van der Waals surface area (Å²) in [5.41, 5.74) is 0. The van der Waals surface area contributed by atoms with Crippen LogP contribution in [0.15, 0.2) is 60.7 Å². The Bertz CT molecular complexity index is 661. The van der Waals surface area contributed by atoms with Crippen LogP contribution in [-0.2, 0) is 4.43 Å². The van der Waals surface area contributed by atoms with Gasteiger partial charge in [0.1, 0.15) is 0 Å². The topological polar surface area (TPSA) is 9.23 Å². The molecule has 0 saturated heterocycles. The monoisotopic (exact) mass is 384 g/mol. The summed E-state index contributed by atoms with van der Waals surface area (Å²) in [6.45, 7) is 7.58. The minimum Gasteiger partial charge on any atom is -0.407 e. The summed E-state index contributed by atoms with van der Waals surface area (Å²) in [5, 5.41) is 2.66. The molecule has 0 heterocycles. The Morgan fingerprint density at radius 1 is 1.00 bits per heavy atom. The summed E-state index contributed by atoms with van der Waals surface area (Å²) >= 11 is 6.27. The van der Waals surface area contributed by atoms with E-state index in [2.05, 4.69) is 87.4 Å². The molecule has 0 saturated carbocycles. The van der Waals surface area contributed by atoms with E-state index < -0.39 is 8.32 Å². The van der Waals surface area contributed by atoms with Crippen LogP contribution in [0.25, 0.3) is 0 Å². The second kappa shape index (κ2) is 9.42. The molecule has 0 N–H and O–H groups in total. The first-order valence-electron chi connectivity index (χ1n) is 9.24. The Hall–Kier alpha value is -1.53. The van der Waals surface area contributed by atoms with Crippen LogP contribution in [0.1, 0.15) is 40.0 Å². The van der Waals surface area contributed by atoms with E-state index in [1.54, 1.807) is 0 Å². The summed E-state index contributed by atoms with van der Waals surface area (Å²) in [6.07, 6.45) is 7.76. The Labute approximate surface area is 164 Å². The summed E-state index contributed by atoms with van der Waals surface area (Å²) in [5.74, 6) is 2.64. The van der Waals surface area contributed by atoms with Gasteiger partial charge in [0.2, 0.25) is 0 Å². The number of terminal acetylenes is 1. The molecule has 2 aromatic carbocycles. The van der Waals surface area contributed by atoms with Gasteiger partial charge < -0.3 is 4.43 Å². The largest absolute Gasteiger partial charge is 0.407 e. The summed E-state index contributed by atoms with van der Waals surface area (Å²) in [4.78, 5) is 0. The third-order valence-corrected chi connectivity index (χ3v) is 10.2. The van der Waals surface area contributed by atoms with Crippen LogP contribution < -0.4 is 10.4 Å². The van der Waals surface area contributed by atoms with Gasteiger partial charge in [-0.05, 0) is 28.3 Å². The van der Waals surface area contributed by atoms with E-state index in [1.165, 1.54) is 10.4 Å². The Kier molecular flexibility index (Phi) is 7.52. The average molecular weight is 385 g/mol. The fourth-order valence-electron chi connectivity index (χ4n) is 3.52. The van der Waals surface area contributed by atoms with Crippen molar-refractivity contribution in [3.8, 4) is 12.3 Å². The molecule has 1 nitrogen and oxygen atoms in total. The second-order valence-corrected chi connectivity index (χ2v) is 12.6. The molecule has 0 aliphatic heterocycles. The van der Waals surface area contributed by atoms with Gasteiger partial charge in [-0.1, -0.05) is 81.4 Å². The van der Waals surface area contributed by atoms with Gasteiger partial charge in [-0.3, -0.25) is 0 Å². The molecule has 0 amide bonds. The van der Waals surface area contributed by atoms with Crippen molar-refractivity contribution >= 4 is 30.3 Å². The summed E-state index contributed by atoms with van der Waals surface area (Å²) < 4.78 is 6.82. The zero-order chi connectivity index (χ0) is 19.0. The molecular weight excluding hydrogens is 356 g/mol. The number of hydrogen-bond donors (Lipinski definition) is 0. The number of halogens is 1. The third kappa shape index (κ3) is 4.80. The fourth-order valence-corrected chi connectivity index (χ4v) is 8.37. The predicted octanol–water partition coefficient (Wildman–Crippen LogP) is 4.97. The Balaban J connectivity index is 2.34. The first-order chi connectivity index (χ1) is 12.4. The van der Waals surface area contributed by atoms with Crippen molar-refractivity contribution in [2.75, 3.05) is 6.61 Å². The van der Waals surface area contributed by atoms with Gasteiger partial charge in [0, 0.05) is 18.4 Å². The Morgan fingerprint density at radius 3 is 1.92 bits per heavy atom. The molecule has 0 aliphatic rings. The van der Waals surface area contributed by atoms with Crippen LogP contribution in [0.2, 0.25) is 5.04 Å². The van der Waals surface area contributed by atoms with Gasteiger partial charge in [-0.2, -0.15) is 0 Å². The lowest BCUT2D eigenvalue weighted by molar-refractivity contribution is 0.287. The van der Waals surface area contributed by atoms with E-state index in [1.807, 2.05) is 0 Å². The van der Waals surface area contributed by atoms with Crippen molar-refractivity contribution in [1.82, 2.24) is 0 Å². The van der Waals surface area contributed by atoms with Crippen molar-refractivity contribution in [2.45, 2.75) is 50.4 Å². The van der Waals surface area contributed by atoms with Crippen LogP contribution in [0.3, 0.4) is 0 Å². The maximum Gasteiger partial charge on any atom is 0.261 e. The van der Waals surface area contributed by atoms with Crippen LogP contribution in [0, 0.1) is 12.3 Å². The van der Waals surface area contributed by atoms with Crippen molar-refractivity contribution in [3.63, 3.8) is 0 Å². The smallest absolute Gasteiger partial charge is 0.261 e. The first kappa shape index (κ1) is 20.8. The van der Waals surface area contributed by atoms with Gasteiger partial charge in [-0.15, -0.1) is 23.9 Å². The molecule has 0 aliphatic carbocycles. The molecule has 1 atom stereocenters. The number of hydrogen-bond acceptors (Lipinski definition) is 1. The fraction of sp³-hybridized carbons (Fsp3) is 0.391. The van der Waals surface area contributed by atoms with Gasteiger partial charge in [0.25, 0.3) is 8.32 Å². The van der Waals surface area contributed by atoms with E-state index in [-0.39, 0.29) is 10.4 Å². The molecule has 0 aromatic heterocycles. The molecule has 3 heteroatoms. The molecule has 0 fully saturated rings. The lowest BCUT2D eigenvalue weighted by Gasteiger charge is -2.43. The molecule has 0 bridgehead atoms. The Morgan fingerprint density at radius 2 is 1.50 bits per heavy atom. The zero-order valence-corrected chi connectivity index (χ0v) is 17.8. The van der Waals surface area contributed by atoms with E-state index >= 15 is 0 Å². The van der Waals surface area contributed by atoms with E-state index in [0.29, 0.717) is 13.0 Å². The molecular formula is C23H29ClOSi. The van der Waals surface area contributed by atoms with Gasteiger partial charge in [0.15, 0.2) is 0 Å². The normalized spacial score (nSPS) is 13.2. The van der Waals surface area contributed by atoms with Crippen LogP contribution >= 0.6 is 11.6 Å². The number of alkyl halides is 1. The molecule has 0 spiro atoms. The highest BCUT2D eigenvalue weighted by molar-refractivity contribution is 6.99. The molecule has 2 aromatic rings. The van der Waals surface area contributed by atoms with E-state index in [4.69, 9.17) is 22.5 Å². The third-order valence-electron chi connectivity index (χ3n) is 4.74. The van der Waals surface area contributed by atoms with Gasteiger partial charge in [-0.25, -0.2) is 0 Å². The highest BCUT2D eigenvalue weighted by Crippen LogP contribution is 2.36. The molecule has 138 valence electrons. The van der Waals surface area contributed by atoms with Crippen LogP contribution in [-0.4, -0.2) is 20.3 Å². The van der Waals surface area contributed by atoms with Crippen molar-refractivity contribution < 1.29 is 4.43 Å². The lowest BCUT2D eigenvalue weighted by Crippen LogP contribution is -2.66. The summed E-state index contributed by atoms with van der Waals surface area (Å²) in [6, 6.07) is 21.4. The molecule has 26 heavy (non-hydrogen) atoms. The van der Waals surface area contributed by atoms with Gasteiger partial charge >= 0.3 is 0 Å². The molecule has 0 unspecified atom stereocenters. The summed E-state index contributed by atoms with van der Waals surface area (Å²) in [7, 11) is -2.42. The van der Waals surface area contributed by atoms with Crippen molar-refractivity contribution in [3.05, 3.63) is 60.7 Å². The first-order valence-corrected chi connectivity index (χ1v) is 11.6. The zero-order valence-electron chi connectivity index (χ0n) is 16.0. The minimum absolute atomic E-state index is 0.00882. The standard InChI is InChI=1S/C23H29ClOSi/c1-5-13-20(24)14-12-19-25-26(23(2,3)4,21-15-8-6-9-16-21)22-17-10-7-11-18-22/h1,6-11,15-18,20H,12-14,19H2,2-4H3/t20-/m0/s1. The predicted molar refractivity (Wildman–Crippen MR) is 116 cm³/mol. The SMILES string of the molecule is C#CC[C@H](Cl)CCCO[Si](c1ccccc1)(c1ccccc1)C(C)(C)C. The van der Waals surface area contributed by atoms with Crippen LogP contribution in [0.5, 0.6) is 0 Å². The highest BCUT2D eigenvalue weighted by Gasteiger charge is 2.49. The minimum atomic E-state index is -2.42. The number of benzene rings is 2. The second-order valence-electron chi connectivity index (χ2n) is 7.66. The lowest BCUT2D eigenvalue weighted by atomic mass is 10.2. The highest BCUT2D eigenvalue weighted by atomic mass is 35.5.